The first kappa shape index (κ1) is 29.1. The van der Waals surface area contributed by atoms with Gasteiger partial charge in [0.2, 0.25) is 0 Å². The summed E-state index contributed by atoms with van der Waals surface area (Å²) in [5.74, 6) is 0. The van der Waals surface area contributed by atoms with Crippen LogP contribution < -0.4 is 0 Å². The van der Waals surface area contributed by atoms with Crippen LogP contribution in [0.15, 0.2) is 0 Å². The SMILES string of the molecule is S=P1([C]2[CH][CH][CH][CH]2)SP(=S)([C]2[CH][CH][CH][CH]2)S1.[CH]1[CH][CH][CH][CH]1.[CH]1[CH][CH][CH][CH]1.[Fe+2].[Fe+2]. The van der Waals surface area contributed by atoms with E-state index in [1.54, 1.807) is 0 Å². The van der Waals surface area contributed by atoms with Crippen LogP contribution in [0.3, 0.4) is 0 Å². The van der Waals surface area contributed by atoms with Crippen molar-refractivity contribution in [1.29, 1.82) is 0 Å². The molecule has 28 heavy (non-hydrogen) atoms. The van der Waals surface area contributed by atoms with Crippen LogP contribution in [0.5, 0.6) is 0 Å². The molecule has 1 saturated heterocycles. The molecule has 0 amide bonds. The molecule has 0 aromatic heterocycles. The fraction of sp³-hybridized carbons (Fsp3) is 0. The van der Waals surface area contributed by atoms with Crippen molar-refractivity contribution in [2.45, 2.75) is 0 Å². The van der Waals surface area contributed by atoms with E-state index in [-0.39, 0.29) is 34.1 Å². The third-order valence-electron chi connectivity index (χ3n) is 3.46. The standard InChI is InChI=1S/C10H8P2S4.2C5H5.2Fe/c13-11(9-5-1-2-6-9)15-12(14,16-11)10-7-3-4-8-10;2*1-2-4-5-3-1;;/h1-8H;2*1-5H;;/q;;;2*+2. The molecular weight excluding hydrogens is 542 g/mol. The zero-order valence-electron chi connectivity index (χ0n) is 14.6. The van der Waals surface area contributed by atoms with Gasteiger partial charge in [-0.05, 0) is 116 Å². The molecular formula is C20H18Fe2P2S4+4. The molecule has 5 aliphatic rings. The minimum absolute atomic E-state index is 0. The number of rotatable bonds is 2. The monoisotopic (exact) mass is 560 g/mol. The van der Waals surface area contributed by atoms with Crippen molar-refractivity contribution < 1.29 is 34.1 Å². The predicted molar refractivity (Wildman–Crippen MR) is 128 cm³/mol. The van der Waals surface area contributed by atoms with Gasteiger partial charge in [0.1, 0.15) is 0 Å². The van der Waals surface area contributed by atoms with Crippen molar-refractivity contribution in [2.24, 2.45) is 0 Å². The molecule has 0 N–H and O–H groups in total. The quantitative estimate of drug-likeness (QED) is 0.268. The van der Waals surface area contributed by atoms with Gasteiger partial charge in [-0.15, -0.1) is 0 Å². The van der Waals surface area contributed by atoms with E-state index in [0.29, 0.717) is 0 Å². The summed E-state index contributed by atoms with van der Waals surface area (Å²) in [6, 6.07) is 0. The fourth-order valence-corrected chi connectivity index (χ4v) is 44.5. The van der Waals surface area contributed by atoms with Gasteiger partial charge in [0.05, 0.1) is 8.88 Å². The first-order valence-electron chi connectivity index (χ1n) is 8.03. The maximum absolute atomic E-state index is 5.77. The fourth-order valence-electron chi connectivity index (χ4n) is 2.21. The third-order valence-corrected chi connectivity index (χ3v) is 34.7. The topological polar surface area (TPSA) is 0 Å². The molecule has 1 heterocycles. The third kappa shape index (κ3) is 8.76. The smallest absolute Gasteiger partial charge is 0.0730 e. The van der Waals surface area contributed by atoms with Crippen LogP contribution in [0.1, 0.15) is 0 Å². The van der Waals surface area contributed by atoms with Crippen molar-refractivity contribution in [1.82, 2.24) is 0 Å². The maximum atomic E-state index is 5.77. The van der Waals surface area contributed by atoms with Gasteiger partial charge in [0.25, 0.3) is 0 Å². The molecule has 4 saturated carbocycles. The van der Waals surface area contributed by atoms with Crippen LogP contribution in [0, 0.1) is 127 Å². The molecule has 4 aliphatic carbocycles. The van der Waals surface area contributed by atoms with Gasteiger partial charge in [-0.3, -0.25) is 0 Å². The van der Waals surface area contributed by atoms with Crippen molar-refractivity contribution >= 4 is 54.5 Å². The first-order chi connectivity index (χ1) is 12.6. The molecule has 0 bridgehead atoms. The van der Waals surface area contributed by atoms with Gasteiger partial charge in [0.15, 0.2) is 0 Å². The van der Waals surface area contributed by atoms with Crippen LogP contribution in [-0.2, 0) is 57.8 Å². The Hall–Kier alpha value is 3.04. The summed E-state index contributed by atoms with van der Waals surface area (Å²) in [6.07, 6.45) is 36.8. The number of hydrogen-bond acceptors (Lipinski definition) is 4. The van der Waals surface area contributed by atoms with Crippen LogP contribution in [0.2, 0.25) is 0 Å². The first-order valence-corrected chi connectivity index (χ1v) is 17.7. The Morgan fingerprint density at radius 2 is 0.643 bits per heavy atom. The summed E-state index contributed by atoms with van der Waals surface area (Å²) in [6.45, 7) is 0. The Labute approximate surface area is 213 Å². The van der Waals surface area contributed by atoms with Crippen molar-refractivity contribution in [3.05, 3.63) is 127 Å². The van der Waals surface area contributed by atoms with Gasteiger partial charge in [0, 0.05) is 11.3 Å². The van der Waals surface area contributed by atoms with E-state index in [2.05, 4.69) is 51.4 Å². The van der Waals surface area contributed by atoms with E-state index < -0.39 is 8.88 Å². The summed E-state index contributed by atoms with van der Waals surface area (Å²) < 4.78 is -2.90. The summed E-state index contributed by atoms with van der Waals surface area (Å²) in [5, 5.41) is 0. The van der Waals surface area contributed by atoms with E-state index in [4.69, 9.17) is 23.6 Å². The zero-order valence-corrected chi connectivity index (χ0v) is 21.9. The van der Waals surface area contributed by atoms with Gasteiger partial charge < -0.3 is 0 Å². The molecule has 0 aromatic rings. The summed E-state index contributed by atoms with van der Waals surface area (Å²) >= 11 is 15.4. The second-order valence-electron chi connectivity index (χ2n) is 5.37. The molecule has 5 rings (SSSR count). The minimum Gasteiger partial charge on any atom is -0.0730 e. The second-order valence-corrected chi connectivity index (χ2v) is 26.7. The zero-order chi connectivity index (χ0) is 18.3. The summed E-state index contributed by atoms with van der Waals surface area (Å²) in [4.78, 5) is 0. The Bertz CT molecular complexity index is 439. The largest absolute Gasteiger partial charge is 2.00 e. The molecule has 0 spiro atoms. The van der Waals surface area contributed by atoms with Crippen molar-refractivity contribution in [3.63, 3.8) is 0 Å². The van der Waals surface area contributed by atoms with Gasteiger partial charge >= 0.3 is 34.1 Å². The predicted octanol–water partition coefficient (Wildman–Crippen LogP) is 6.85. The van der Waals surface area contributed by atoms with E-state index in [9.17, 15) is 0 Å². The van der Waals surface area contributed by atoms with E-state index in [1.165, 1.54) is 11.3 Å². The second kappa shape index (κ2) is 15.0. The van der Waals surface area contributed by atoms with Crippen molar-refractivity contribution in [3.8, 4) is 0 Å². The van der Waals surface area contributed by atoms with E-state index >= 15 is 0 Å². The normalized spacial score (nSPS) is 34.9. The van der Waals surface area contributed by atoms with Gasteiger partial charge in [-0.1, -0.05) is 45.6 Å². The van der Waals surface area contributed by atoms with Crippen LogP contribution in [0.4, 0.5) is 0 Å². The maximum Gasteiger partial charge on any atom is 2.00 e. The van der Waals surface area contributed by atoms with Gasteiger partial charge in [-0.25, -0.2) is 0 Å². The Morgan fingerprint density at radius 1 is 0.429 bits per heavy atom. The minimum atomic E-state index is -1.45. The van der Waals surface area contributed by atoms with Crippen molar-refractivity contribution in [2.75, 3.05) is 0 Å². The molecule has 0 atom stereocenters. The van der Waals surface area contributed by atoms with E-state index in [0.717, 1.165) is 0 Å². The van der Waals surface area contributed by atoms with E-state index in [1.807, 2.05) is 86.2 Å². The summed E-state index contributed by atoms with van der Waals surface area (Å²) in [7, 11) is 0. The molecule has 0 aromatic carbocycles. The van der Waals surface area contributed by atoms with Gasteiger partial charge in [-0.2, -0.15) is 0 Å². The molecule has 144 valence electrons. The Balaban J connectivity index is 0.000000271. The molecule has 0 unspecified atom stereocenters. The summed E-state index contributed by atoms with van der Waals surface area (Å²) in [5.41, 5.74) is 2.65. The Morgan fingerprint density at radius 3 is 0.857 bits per heavy atom. The molecule has 5 fully saturated rings. The molecule has 0 nitrogen and oxygen atoms in total. The number of hydrogen-bond donors (Lipinski definition) is 0. The Kier molecular flexibility index (Phi) is 15.6. The molecule has 8 heteroatoms. The average molecular weight is 560 g/mol. The van der Waals surface area contributed by atoms with Crippen LogP contribution in [-0.4, -0.2) is 0 Å². The molecule has 20 radical (unpaired) electrons. The molecule has 1 aliphatic heterocycles. The van der Waals surface area contributed by atoms with Crippen LogP contribution in [0.25, 0.3) is 0 Å². The average Bonchev–Trinajstić information content (AvgIpc) is 3.47. The van der Waals surface area contributed by atoms with Crippen LogP contribution >= 0.6 is 30.9 Å².